The summed E-state index contributed by atoms with van der Waals surface area (Å²) >= 11 is 0. The maximum Gasteiger partial charge on any atom is 0.0721 e. The summed E-state index contributed by atoms with van der Waals surface area (Å²) in [6.45, 7) is 4.39. The lowest BCUT2D eigenvalue weighted by atomic mass is 10.0. The molecule has 0 aliphatic heterocycles. The number of nitrogens with one attached hydrogen (secondary N) is 1. The quantitative estimate of drug-likeness (QED) is 0.554. The van der Waals surface area contributed by atoms with Gasteiger partial charge < -0.3 is 5.32 Å². The number of hydrogen-bond acceptors (Lipinski definition) is 1. The summed E-state index contributed by atoms with van der Waals surface area (Å²) in [6.07, 6.45) is 2.37. The third-order valence-electron chi connectivity index (χ3n) is 1.95. The van der Waals surface area contributed by atoms with Crippen LogP contribution in [0, 0.1) is 0 Å². The molecule has 1 saturated carbocycles. The van der Waals surface area contributed by atoms with Gasteiger partial charge in [-0.25, -0.2) is 0 Å². The van der Waals surface area contributed by atoms with E-state index in [0.29, 0.717) is 17.9 Å². The summed E-state index contributed by atoms with van der Waals surface area (Å²) in [5, 5.41) is 3.43. The van der Waals surface area contributed by atoms with Crippen LogP contribution in [0.2, 0.25) is 5.82 Å². The van der Waals surface area contributed by atoms with Crippen LogP contribution in [0.25, 0.3) is 0 Å². The second kappa shape index (κ2) is 2.74. The monoisotopic (exact) mass is 123 g/mol. The van der Waals surface area contributed by atoms with Gasteiger partial charge in [0.25, 0.3) is 0 Å². The molecule has 0 aromatic rings. The lowest BCUT2D eigenvalue weighted by Gasteiger charge is -2.09. The normalized spacial score (nSPS) is 36.2. The van der Waals surface area contributed by atoms with Gasteiger partial charge in [0.05, 0.1) is 7.85 Å². The van der Waals surface area contributed by atoms with Gasteiger partial charge in [-0.1, -0.05) is 12.7 Å². The molecule has 1 N–H and O–H groups in total. The Kier molecular flexibility index (Phi) is 2.17. The molecule has 1 aliphatic carbocycles. The third-order valence-corrected chi connectivity index (χ3v) is 1.95. The SMILES string of the molecule is [B]C1CC1N[C@@H](C)CC. The molecule has 2 unspecified atom stereocenters. The van der Waals surface area contributed by atoms with Crippen LogP contribution in [0.1, 0.15) is 26.7 Å². The van der Waals surface area contributed by atoms with Crippen molar-refractivity contribution in [2.45, 2.75) is 44.6 Å². The van der Waals surface area contributed by atoms with Crippen molar-refractivity contribution in [2.75, 3.05) is 0 Å². The van der Waals surface area contributed by atoms with Crippen LogP contribution < -0.4 is 5.32 Å². The minimum Gasteiger partial charge on any atom is -0.312 e. The molecule has 0 aromatic carbocycles. The Bertz CT molecular complexity index is 92.9. The summed E-state index contributed by atoms with van der Waals surface area (Å²) < 4.78 is 0. The van der Waals surface area contributed by atoms with E-state index in [9.17, 15) is 0 Å². The molecular formula is C7H14BN. The standard InChI is InChI=1S/C7H14BN/c1-3-5(2)9-7-4-6(7)8/h5-7,9H,3-4H2,1-2H3/t5-,6?,7?/m0/s1. The van der Waals surface area contributed by atoms with E-state index in [-0.39, 0.29) is 0 Å². The summed E-state index contributed by atoms with van der Waals surface area (Å²) in [7, 11) is 5.61. The van der Waals surface area contributed by atoms with Crippen LogP contribution in [0.5, 0.6) is 0 Å². The second-order valence-electron chi connectivity index (χ2n) is 2.98. The third kappa shape index (κ3) is 2.01. The molecule has 2 radical (unpaired) electrons. The first-order chi connectivity index (χ1) is 4.24. The first kappa shape index (κ1) is 7.14. The lowest BCUT2D eigenvalue weighted by Crippen LogP contribution is -2.27. The molecule has 3 atom stereocenters. The highest BCUT2D eigenvalue weighted by atomic mass is 15.0. The fourth-order valence-electron chi connectivity index (χ4n) is 0.890. The van der Waals surface area contributed by atoms with E-state index >= 15 is 0 Å². The number of rotatable bonds is 3. The van der Waals surface area contributed by atoms with E-state index < -0.39 is 0 Å². The topological polar surface area (TPSA) is 12.0 Å². The zero-order valence-corrected chi connectivity index (χ0v) is 6.22. The second-order valence-corrected chi connectivity index (χ2v) is 2.98. The average molecular weight is 123 g/mol. The maximum atomic E-state index is 5.61. The van der Waals surface area contributed by atoms with Crippen molar-refractivity contribution in [3.8, 4) is 0 Å². The van der Waals surface area contributed by atoms with Gasteiger partial charge >= 0.3 is 0 Å². The van der Waals surface area contributed by atoms with Gasteiger partial charge in [0.2, 0.25) is 0 Å². The van der Waals surface area contributed by atoms with Gasteiger partial charge in [-0.2, -0.15) is 0 Å². The van der Waals surface area contributed by atoms with Crippen LogP contribution in [0.4, 0.5) is 0 Å². The lowest BCUT2D eigenvalue weighted by molar-refractivity contribution is 0.531. The predicted molar refractivity (Wildman–Crippen MR) is 40.8 cm³/mol. The van der Waals surface area contributed by atoms with Gasteiger partial charge in [0.1, 0.15) is 0 Å². The van der Waals surface area contributed by atoms with E-state index in [2.05, 4.69) is 19.2 Å². The maximum absolute atomic E-state index is 5.61. The molecule has 1 fully saturated rings. The molecule has 1 rings (SSSR count). The smallest absolute Gasteiger partial charge is 0.0721 e. The number of hydrogen-bond donors (Lipinski definition) is 1. The minimum atomic E-state index is 0.444. The Hall–Kier alpha value is 0.0249. The van der Waals surface area contributed by atoms with Gasteiger partial charge in [0, 0.05) is 12.1 Å². The molecule has 50 valence electrons. The van der Waals surface area contributed by atoms with Gasteiger partial charge in [0.15, 0.2) is 0 Å². The first-order valence-corrected chi connectivity index (χ1v) is 3.75. The van der Waals surface area contributed by atoms with Crippen LogP contribution in [-0.4, -0.2) is 19.9 Å². The average Bonchev–Trinajstić information content (AvgIpc) is 2.47. The highest BCUT2D eigenvalue weighted by Crippen LogP contribution is 2.33. The molecule has 0 saturated heterocycles. The van der Waals surface area contributed by atoms with Crippen molar-refractivity contribution in [2.24, 2.45) is 0 Å². The summed E-state index contributed by atoms with van der Waals surface area (Å²) in [6, 6.07) is 1.27. The fourth-order valence-corrected chi connectivity index (χ4v) is 0.890. The van der Waals surface area contributed by atoms with Gasteiger partial charge in [-0.05, 0) is 19.8 Å². The Morgan fingerprint density at radius 3 is 2.67 bits per heavy atom. The molecule has 0 bridgehead atoms. The Morgan fingerprint density at radius 1 is 1.78 bits per heavy atom. The molecule has 2 heteroatoms. The van der Waals surface area contributed by atoms with E-state index in [4.69, 9.17) is 7.85 Å². The highest BCUT2D eigenvalue weighted by molar-refractivity contribution is 6.14. The van der Waals surface area contributed by atoms with Crippen molar-refractivity contribution >= 4 is 7.85 Å². The molecular weight excluding hydrogens is 109 g/mol. The van der Waals surface area contributed by atoms with E-state index in [1.807, 2.05) is 0 Å². The molecule has 0 amide bonds. The van der Waals surface area contributed by atoms with E-state index in [1.54, 1.807) is 0 Å². The van der Waals surface area contributed by atoms with Crippen LogP contribution in [0.15, 0.2) is 0 Å². The predicted octanol–water partition coefficient (Wildman–Crippen LogP) is 1.10. The minimum absolute atomic E-state index is 0.444. The Labute approximate surface area is 58.6 Å². The first-order valence-electron chi connectivity index (χ1n) is 3.75. The van der Waals surface area contributed by atoms with Crippen molar-refractivity contribution in [1.29, 1.82) is 0 Å². The molecule has 0 aromatic heterocycles. The molecule has 1 aliphatic rings. The van der Waals surface area contributed by atoms with Crippen LogP contribution >= 0.6 is 0 Å². The zero-order valence-electron chi connectivity index (χ0n) is 6.22. The fraction of sp³-hybridized carbons (Fsp3) is 1.00. The molecule has 0 spiro atoms. The van der Waals surface area contributed by atoms with Crippen molar-refractivity contribution in [3.63, 3.8) is 0 Å². The Balaban J connectivity index is 2.05. The summed E-state index contributed by atoms with van der Waals surface area (Å²) in [5.41, 5.74) is 0. The Morgan fingerprint density at radius 2 is 2.33 bits per heavy atom. The van der Waals surface area contributed by atoms with E-state index in [0.717, 1.165) is 0 Å². The summed E-state index contributed by atoms with van der Waals surface area (Å²) in [4.78, 5) is 0. The molecule has 9 heavy (non-hydrogen) atoms. The summed E-state index contributed by atoms with van der Waals surface area (Å²) in [5.74, 6) is 0.444. The van der Waals surface area contributed by atoms with Gasteiger partial charge in [-0.15, -0.1) is 0 Å². The largest absolute Gasteiger partial charge is 0.312 e. The zero-order chi connectivity index (χ0) is 6.85. The van der Waals surface area contributed by atoms with Crippen molar-refractivity contribution in [1.82, 2.24) is 5.32 Å². The van der Waals surface area contributed by atoms with Gasteiger partial charge in [-0.3, -0.25) is 0 Å². The molecule has 0 heterocycles. The molecule has 1 nitrogen and oxygen atoms in total. The van der Waals surface area contributed by atoms with Crippen molar-refractivity contribution in [3.05, 3.63) is 0 Å². The van der Waals surface area contributed by atoms with Crippen LogP contribution in [0.3, 0.4) is 0 Å². The van der Waals surface area contributed by atoms with Crippen molar-refractivity contribution < 1.29 is 0 Å². The highest BCUT2D eigenvalue weighted by Gasteiger charge is 2.31. The van der Waals surface area contributed by atoms with Crippen LogP contribution in [-0.2, 0) is 0 Å². The van der Waals surface area contributed by atoms with E-state index in [1.165, 1.54) is 12.8 Å².